The molecule has 0 bridgehead atoms. The van der Waals surface area contributed by atoms with Gasteiger partial charge >= 0.3 is 5.97 Å². The standard InChI is InChI=1S/C10H10N4O2/c1-6-8(10(15)16-2)14-9(13-6)7-5-11-3-4-12-7/h3-5H,1-2H3,(H,13,14). The average molecular weight is 218 g/mol. The summed E-state index contributed by atoms with van der Waals surface area (Å²) < 4.78 is 4.61. The first kappa shape index (κ1) is 10.3. The summed E-state index contributed by atoms with van der Waals surface area (Å²) in [6, 6.07) is 0. The molecule has 1 N–H and O–H groups in total. The lowest BCUT2D eigenvalue weighted by atomic mass is 10.3. The van der Waals surface area contributed by atoms with Crippen molar-refractivity contribution < 1.29 is 9.53 Å². The first-order valence-electron chi connectivity index (χ1n) is 4.63. The molecule has 0 aliphatic carbocycles. The lowest BCUT2D eigenvalue weighted by molar-refractivity contribution is 0.0594. The Bertz CT molecular complexity index is 507. The number of carbonyl (C=O) groups is 1. The Morgan fingerprint density at radius 3 is 2.88 bits per heavy atom. The van der Waals surface area contributed by atoms with E-state index in [-0.39, 0.29) is 5.69 Å². The van der Waals surface area contributed by atoms with Crippen LogP contribution in [0.15, 0.2) is 18.6 Å². The molecule has 82 valence electrons. The minimum absolute atomic E-state index is 0.267. The molecule has 2 rings (SSSR count). The second-order valence-electron chi connectivity index (χ2n) is 3.14. The topological polar surface area (TPSA) is 80.8 Å². The molecule has 0 spiro atoms. The molecule has 0 aliphatic heterocycles. The monoisotopic (exact) mass is 218 g/mol. The maximum absolute atomic E-state index is 11.3. The van der Waals surface area contributed by atoms with Crippen molar-refractivity contribution in [2.24, 2.45) is 0 Å². The summed E-state index contributed by atoms with van der Waals surface area (Å²) in [7, 11) is 1.32. The molecule has 2 aromatic heterocycles. The minimum Gasteiger partial charge on any atom is -0.464 e. The maximum atomic E-state index is 11.3. The van der Waals surface area contributed by atoms with E-state index in [4.69, 9.17) is 0 Å². The van der Waals surface area contributed by atoms with Gasteiger partial charge in [0.05, 0.1) is 13.3 Å². The van der Waals surface area contributed by atoms with Crippen molar-refractivity contribution in [2.75, 3.05) is 7.11 Å². The number of aromatic amines is 1. The Hall–Kier alpha value is -2.24. The van der Waals surface area contributed by atoms with Gasteiger partial charge in [0.1, 0.15) is 5.69 Å². The van der Waals surface area contributed by atoms with E-state index in [1.54, 1.807) is 25.5 Å². The quantitative estimate of drug-likeness (QED) is 0.759. The van der Waals surface area contributed by atoms with Gasteiger partial charge in [-0.05, 0) is 6.92 Å². The zero-order valence-electron chi connectivity index (χ0n) is 8.89. The SMILES string of the molecule is COC(=O)c1nc(-c2cnccn2)[nH]c1C. The van der Waals surface area contributed by atoms with Gasteiger partial charge < -0.3 is 9.72 Å². The van der Waals surface area contributed by atoms with Crippen molar-refractivity contribution in [1.29, 1.82) is 0 Å². The van der Waals surface area contributed by atoms with Gasteiger partial charge in [-0.3, -0.25) is 4.98 Å². The van der Waals surface area contributed by atoms with Crippen LogP contribution in [-0.4, -0.2) is 33.0 Å². The lowest BCUT2D eigenvalue weighted by Crippen LogP contribution is -2.03. The number of rotatable bonds is 2. The Balaban J connectivity index is 2.42. The van der Waals surface area contributed by atoms with Crippen molar-refractivity contribution in [2.45, 2.75) is 6.92 Å². The number of H-pyrrole nitrogens is 1. The Morgan fingerprint density at radius 2 is 2.25 bits per heavy atom. The molecule has 0 radical (unpaired) electrons. The van der Waals surface area contributed by atoms with Gasteiger partial charge in [0.15, 0.2) is 11.5 Å². The summed E-state index contributed by atoms with van der Waals surface area (Å²) in [5.41, 5.74) is 1.50. The van der Waals surface area contributed by atoms with Gasteiger partial charge in [-0.2, -0.15) is 0 Å². The van der Waals surface area contributed by atoms with Gasteiger partial charge in [0.25, 0.3) is 0 Å². The minimum atomic E-state index is -0.469. The number of nitrogens with zero attached hydrogens (tertiary/aromatic N) is 3. The van der Waals surface area contributed by atoms with E-state index >= 15 is 0 Å². The predicted molar refractivity (Wildman–Crippen MR) is 55.7 cm³/mol. The second kappa shape index (κ2) is 4.09. The van der Waals surface area contributed by atoms with E-state index in [0.717, 1.165) is 0 Å². The number of aromatic nitrogens is 4. The molecule has 0 saturated heterocycles. The molecule has 0 saturated carbocycles. The predicted octanol–water partition coefficient (Wildman–Crippen LogP) is 0.962. The normalized spacial score (nSPS) is 10.1. The van der Waals surface area contributed by atoms with Crippen LogP contribution in [0.25, 0.3) is 11.5 Å². The molecular formula is C10H10N4O2. The largest absolute Gasteiger partial charge is 0.464 e. The molecule has 0 fully saturated rings. The van der Waals surface area contributed by atoms with Crippen LogP contribution in [-0.2, 0) is 4.74 Å². The third-order valence-electron chi connectivity index (χ3n) is 2.07. The van der Waals surface area contributed by atoms with E-state index in [2.05, 4.69) is 24.7 Å². The van der Waals surface area contributed by atoms with Gasteiger partial charge in [-0.15, -0.1) is 0 Å². The molecule has 2 aromatic rings. The summed E-state index contributed by atoms with van der Waals surface area (Å²) >= 11 is 0. The summed E-state index contributed by atoms with van der Waals surface area (Å²) in [4.78, 5) is 26.4. The zero-order valence-corrected chi connectivity index (χ0v) is 8.89. The number of aryl methyl sites for hydroxylation is 1. The number of esters is 1. The molecule has 2 heterocycles. The van der Waals surface area contributed by atoms with Crippen molar-refractivity contribution in [3.8, 4) is 11.5 Å². The number of hydrogen-bond donors (Lipinski definition) is 1. The highest BCUT2D eigenvalue weighted by Gasteiger charge is 2.16. The molecule has 16 heavy (non-hydrogen) atoms. The molecule has 0 amide bonds. The fourth-order valence-electron chi connectivity index (χ4n) is 1.30. The molecule has 6 nitrogen and oxygen atoms in total. The van der Waals surface area contributed by atoms with Crippen LogP contribution in [0.2, 0.25) is 0 Å². The third kappa shape index (κ3) is 1.77. The summed E-state index contributed by atoms with van der Waals surface area (Å²) in [5, 5.41) is 0. The second-order valence-corrected chi connectivity index (χ2v) is 3.14. The maximum Gasteiger partial charge on any atom is 0.358 e. The van der Waals surface area contributed by atoms with Crippen LogP contribution in [0.1, 0.15) is 16.2 Å². The molecule has 6 heteroatoms. The molecular weight excluding hydrogens is 208 g/mol. The fourth-order valence-corrected chi connectivity index (χ4v) is 1.30. The molecule has 0 atom stereocenters. The lowest BCUT2D eigenvalue weighted by Gasteiger charge is -1.93. The van der Waals surface area contributed by atoms with Gasteiger partial charge in [0.2, 0.25) is 0 Å². The van der Waals surface area contributed by atoms with Crippen molar-refractivity contribution in [3.63, 3.8) is 0 Å². The van der Waals surface area contributed by atoms with Gasteiger partial charge in [-0.25, -0.2) is 14.8 Å². The average Bonchev–Trinajstić information content (AvgIpc) is 2.71. The van der Waals surface area contributed by atoms with Crippen LogP contribution in [0.5, 0.6) is 0 Å². The first-order valence-corrected chi connectivity index (χ1v) is 4.63. The number of methoxy groups -OCH3 is 1. The van der Waals surface area contributed by atoms with E-state index in [9.17, 15) is 4.79 Å². The number of carbonyl (C=O) groups excluding carboxylic acids is 1. The Labute approximate surface area is 91.7 Å². The molecule has 0 aromatic carbocycles. The van der Waals surface area contributed by atoms with E-state index in [1.807, 2.05) is 0 Å². The van der Waals surface area contributed by atoms with Crippen LogP contribution >= 0.6 is 0 Å². The van der Waals surface area contributed by atoms with Gasteiger partial charge in [-0.1, -0.05) is 0 Å². The van der Waals surface area contributed by atoms with Crippen molar-refractivity contribution in [3.05, 3.63) is 30.0 Å². The van der Waals surface area contributed by atoms with Crippen LogP contribution < -0.4 is 0 Å². The number of imidazole rings is 1. The summed E-state index contributed by atoms with van der Waals surface area (Å²) in [6.07, 6.45) is 4.70. The highest BCUT2D eigenvalue weighted by atomic mass is 16.5. The highest BCUT2D eigenvalue weighted by Crippen LogP contribution is 2.14. The first-order chi connectivity index (χ1) is 7.72. The van der Waals surface area contributed by atoms with Crippen molar-refractivity contribution in [1.82, 2.24) is 19.9 Å². The van der Waals surface area contributed by atoms with E-state index in [1.165, 1.54) is 7.11 Å². The number of hydrogen-bond acceptors (Lipinski definition) is 5. The van der Waals surface area contributed by atoms with E-state index in [0.29, 0.717) is 17.2 Å². The number of ether oxygens (including phenoxy) is 1. The number of nitrogens with one attached hydrogen (secondary N) is 1. The Kier molecular flexibility index (Phi) is 2.63. The zero-order chi connectivity index (χ0) is 11.5. The molecule has 0 unspecified atom stereocenters. The highest BCUT2D eigenvalue weighted by molar-refractivity contribution is 5.89. The Morgan fingerprint density at radius 1 is 1.44 bits per heavy atom. The van der Waals surface area contributed by atoms with Crippen LogP contribution in [0.3, 0.4) is 0 Å². The van der Waals surface area contributed by atoms with Crippen LogP contribution in [0, 0.1) is 6.92 Å². The third-order valence-corrected chi connectivity index (χ3v) is 2.07. The van der Waals surface area contributed by atoms with E-state index < -0.39 is 5.97 Å². The fraction of sp³-hybridized carbons (Fsp3) is 0.200. The van der Waals surface area contributed by atoms with Gasteiger partial charge in [0, 0.05) is 18.1 Å². The molecule has 0 aliphatic rings. The van der Waals surface area contributed by atoms with Crippen LogP contribution in [0.4, 0.5) is 0 Å². The van der Waals surface area contributed by atoms with Crippen molar-refractivity contribution >= 4 is 5.97 Å². The summed E-state index contributed by atoms with van der Waals surface area (Å²) in [5.74, 6) is 0.0369. The smallest absolute Gasteiger partial charge is 0.358 e. The summed E-state index contributed by atoms with van der Waals surface area (Å²) in [6.45, 7) is 1.75.